The molecule has 2 N–H and O–H groups in total. The molecule has 0 aromatic heterocycles. The molecule has 1 heterocycles. The van der Waals surface area contributed by atoms with Crippen LogP contribution in [0.1, 0.15) is 51.0 Å². The van der Waals surface area contributed by atoms with Crippen LogP contribution in [0.25, 0.3) is 5.57 Å². The SMILES string of the molecule is C=C1C(CO)=C(CCCCCCC)Nc2ccc([N+](=O)[O-])cc21. The third-order valence-electron chi connectivity index (χ3n) is 4.24. The molecule has 5 nitrogen and oxygen atoms in total. The topological polar surface area (TPSA) is 75.4 Å². The molecule has 2 rings (SSSR count). The van der Waals surface area contributed by atoms with Gasteiger partial charge in [0.2, 0.25) is 0 Å². The molecular weight excluding hydrogens is 292 g/mol. The normalized spacial score (nSPS) is 13.7. The van der Waals surface area contributed by atoms with Crippen molar-refractivity contribution >= 4 is 16.9 Å². The highest BCUT2D eigenvalue weighted by Gasteiger charge is 2.22. The summed E-state index contributed by atoms with van der Waals surface area (Å²) in [5.41, 5.74) is 3.96. The average Bonchev–Trinajstić information content (AvgIpc) is 2.54. The molecule has 0 fully saturated rings. The first-order chi connectivity index (χ1) is 11.1. The standard InChI is InChI=1S/C18H24N2O3/c1-3-4-5-6-7-8-17-16(12-21)13(2)15-11-14(20(22)23)9-10-18(15)19-17/h9-11,19,21H,2-8,12H2,1H3. The molecule has 0 saturated heterocycles. The number of hydrogen-bond donors (Lipinski definition) is 2. The van der Waals surface area contributed by atoms with Gasteiger partial charge in [-0.1, -0.05) is 39.2 Å². The average molecular weight is 316 g/mol. The van der Waals surface area contributed by atoms with Crippen LogP contribution < -0.4 is 5.32 Å². The van der Waals surface area contributed by atoms with Crippen molar-refractivity contribution < 1.29 is 10.0 Å². The van der Waals surface area contributed by atoms with Gasteiger partial charge in [0, 0.05) is 34.7 Å². The molecule has 0 radical (unpaired) electrons. The van der Waals surface area contributed by atoms with Gasteiger partial charge in [0.05, 0.1) is 11.5 Å². The first-order valence-electron chi connectivity index (χ1n) is 8.16. The molecule has 0 spiro atoms. The van der Waals surface area contributed by atoms with Crippen molar-refractivity contribution in [3.8, 4) is 0 Å². The van der Waals surface area contributed by atoms with E-state index in [2.05, 4.69) is 18.8 Å². The van der Waals surface area contributed by atoms with Crippen molar-refractivity contribution in [3.05, 3.63) is 51.7 Å². The highest BCUT2D eigenvalue weighted by molar-refractivity contribution is 5.90. The van der Waals surface area contributed by atoms with Crippen molar-refractivity contribution in [1.82, 2.24) is 0 Å². The first-order valence-corrected chi connectivity index (χ1v) is 8.16. The van der Waals surface area contributed by atoms with E-state index in [1.54, 1.807) is 6.07 Å². The Balaban J connectivity index is 2.16. The molecule has 124 valence electrons. The molecule has 0 amide bonds. The lowest BCUT2D eigenvalue weighted by Gasteiger charge is -2.26. The van der Waals surface area contributed by atoms with Crippen molar-refractivity contribution in [1.29, 1.82) is 0 Å². The minimum atomic E-state index is -0.418. The molecule has 0 aliphatic carbocycles. The lowest BCUT2D eigenvalue weighted by atomic mass is 9.91. The van der Waals surface area contributed by atoms with Crippen LogP contribution in [-0.2, 0) is 0 Å². The number of allylic oxidation sites excluding steroid dienone is 1. The van der Waals surface area contributed by atoms with Gasteiger partial charge in [0.15, 0.2) is 0 Å². The summed E-state index contributed by atoms with van der Waals surface area (Å²) in [7, 11) is 0. The molecule has 0 saturated carbocycles. The number of nitrogens with one attached hydrogen (secondary N) is 1. The number of nitrogens with zero attached hydrogens (tertiary/aromatic N) is 1. The van der Waals surface area contributed by atoms with Crippen LogP contribution in [0.5, 0.6) is 0 Å². The highest BCUT2D eigenvalue weighted by atomic mass is 16.6. The number of hydrogen-bond acceptors (Lipinski definition) is 4. The molecule has 1 aromatic rings. The fourth-order valence-corrected chi connectivity index (χ4v) is 2.90. The van der Waals surface area contributed by atoms with Crippen LogP contribution in [0.4, 0.5) is 11.4 Å². The summed E-state index contributed by atoms with van der Waals surface area (Å²) < 4.78 is 0. The second kappa shape index (κ2) is 7.92. The largest absolute Gasteiger partial charge is 0.392 e. The van der Waals surface area contributed by atoms with E-state index in [4.69, 9.17) is 0 Å². The Hall–Kier alpha value is -2.14. The maximum absolute atomic E-state index is 10.9. The number of anilines is 1. The van der Waals surface area contributed by atoms with Gasteiger partial charge in [-0.15, -0.1) is 0 Å². The van der Waals surface area contributed by atoms with E-state index >= 15 is 0 Å². The van der Waals surface area contributed by atoms with Crippen LogP contribution in [0.3, 0.4) is 0 Å². The van der Waals surface area contributed by atoms with Gasteiger partial charge in [0.25, 0.3) is 5.69 Å². The molecule has 1 aromatic carbocycles. The monoisotopic (exact) mass is 316 g/mol. The summed E-state index contributed by atoms with van der Waals surface area (Å²) in [6, 6.07) is 4.71. The maximum Gasteiger partial charge on any atom is 0.270 e. The van der Waals surface area contributed by atoms with E-state index in [1.807, 2.05) is 0 Å². The van der Waals surface area contributed by atoms with Crippen molar-refractivity contribution in [2.75, 3.05) is 11.9 Å². The Morgan fingerprint density at radius 1 is 1.26 bits per heavy atom. The van der Waals surface area contributed by atoms with E-state index in [0.29, 0.717) is 11.1 Å². The summed E-state index contributed by atoms with van der Waals surface area (Å²) in [6.45, 7) is 6.11. The number of unbranched alkanes of at least 4 members (excludes halogenated alkanes) is 4. The van der Waals surface area contributed by atoms with E-state index in [-0.39, 0.29) is 12.3 Å². The zero-order valence-corrected chi connectivity index (χ0v) is 13.6. The van der Waals surface area contributed by atoms with Crippen molar-refractivity contribution in [3.63, 3.8) is 0 Å². The summed E-state index contributed by atoms with van der Waals surface area (Å²) in [5, 5.41) is 23.9. The van der Waals surface area contributed by atoms with Gasteiger partial charge < -0.3 is 10.4 Å². The summed E-state index contributed by atoms with van der Waals surface area (Å²) in [5.74, 6) is 0. The van der Waals surface area contributed by atoms with Gasteiger partial charge in [0.1, 0.15) is 0 Å². The number of non-ortho nitro benzene ring substituents is 1. The van der Waals surface area contributed by atoms with Crippen LogP contribution >= 0.6 is 0 Å². The minimum Gasteiger partial charge on any atom is -0.392 e. The van der Waals surface area contributed by atoms with Crippen LogP contribution in [0.15, 0.2) is 36.0 Å². The lowest BCUT2D eigenvalue weighted by Crippen LogP contribution is -2.14. The number of fused-ring (bicyclic) bond motifs is 1. The number of aliphatic hydroxyl groups is 1. The summed E-state index contributed by atoms with van der Waals surface area (Å²) >= 11 is 0. The van der Waals surface area contributed by atoms with Crippen LogP contribution in [0, 0.1) is 10.1 Å². The number of nitro groups is 1. The minimum absolute atomic E-state index is 0.0343. The molecule has 0 bridgehead atoms. The molecule has 1 aliphatic heterocycles. The second-order valence-electron chi connectivity index (χ2n) is 5.87. The Morgan fingerprint density at radius 2 is 2.00 bits per heavy atom. The predicted molar refractivity (Wildman–Crippen MR) is 93.2 cm³/mol. The number of nitro benzene ring substituents is 1. The summed E-state index contributed by atoms with van der Waals surface area (Å²) in [4.78, 5) is 10.5. The first kappa shape index (κ1) is 17.2. The number of aliphatic hydroxyl groups excluding tert-OH is 1. The van der Waals surface area contributed by atoms with Crippen LogP contribution in [0.2, 0.25) is 0 Å². The van der Waals surface area contributed by atoms with E-state index < -0.39 is 4.92 Å². The maximum atomic E-state index is 10.9. The van der Waals surface area contributed by atoms with E-state index in [0.717, 1.165) is 36.2 Å². The Kier molecular flexibility index (Phi) is 5.93. The molecule has 1 aliphatic rings. The van der Waals surface area contributed by atoms with Crippen LogP contribution in [-0.4, -0.2) is 16.6 Å². The Bertz CT molecular complexity index is 635. The molecule has 23 heavy (non-hydrogen) atoms. The fourth-order valence-electron chi connectivity index (χ4n) is 2.90. The second-order valence-corrected chi connectivity index (χ2v) is 5.87. The lowest BCUT2D eigenvalue weighted by molar-refractivity contribution is -0.384. The molecule has 0 atom stereocenters. The predicted octanol–water partition coefficient (Wildman–Crippen LogP) is 4.64. The third-order valence-corrected chi connectivity index (χ3v) is 4.24. The molecule has 0 unspecified atom stereocenters. The fraction of sp³-hybridized carbons (Fsp3) is 0.444. The summed E-state index contributed by atoms with van der Waals surface area (Å²) in [6.07, 6.45) is 6.76. The quantitative estimate of drug-likeness (QED) is 0.416. The van der Waals surface area contributed by atoms with E-state index in [9.17, 15) is 15.2 Å². The number of rotatable bonds is 8. The Morgan fingerprint density at radius 3 is 2.65 bits per heavy atom. The van der Waals surface area contributed by atoms with Gasteiger partial charge in [-0.25, -0.2) is 0 Å². The van der Waals surface area contributed by atoms with Crippen molar-refractivity contribution in [2.24, 2.45) is 0 Å². The highest BCUT2D eigenvalue weighted by Crippen LogP contribution is 2.38. The Labute approximate surface area is 136 Å². The third kappa shape index (κ3) is 3.99. The van der Waals surface area contributed by atoms with Gasteiger partial charge >= 0.3 is 0 Å². The smallest absolute Gasteiger partial charge is 0.270 e. The number of benzene rings is 1. The van der Waals surface area contributed by atoms with Gasteiger partial charge in [-0.3, -0.25) is 10.1 Å². The zero-order valence-electron chi connectivity index (χ0n) is 13.6. The molecule has 5 heteroatoms. The van der Waals surface area contributed by atoms with E-state index in [1.165, 1.54) is 31.4 Å². The van der Waals surface area contributed by atoms with Gasteiger partial charge in [-0.2, -0.15) is 0 Å². The van der Waals surface area contributed by atoms with Gasteiger partial charge in [-0.05, 0) is 24.5 Å². The van der Waals surface area contributed by atoms with Crippen molar-refractivity contribution in [2.45, 2.75) is 45.4 Å². The zero-order chi connectivity index (χ0) is 16.8. The molecular formula is C18H24N2O3.